The summed E-state index contributed by atoms with van der Waals surface area (Å²) < 4.78 is 0. The third-order valence-corrected chi connectivity index (χ3v) is 4.20. The van der Waals surface area contributed by atoms with Crippen LogP contribution in [0.4, 0.5) is 0 Å². The smallest absolute Gasteiger partial charge is 0.274 e. The number of carbonyl (C=O) groups is 1. The summed E-state index contributed by atoms with van der Waals surface area (Å²) >= 11 is 11.9. The van der Waals surface area contributed by atoms with Gasteiger partial charge in [-0.05, 0) is 31.2 Å². The molecule has 2 heterocycles. The molecule has 0 fully saturated rings. The number of rotatable bonds is 4. The number of carbonyl (C=O) groups excluding carboxylic acids is 1. The maximum absolute atomic E-state index is 12.7. The average Bonchev–Trinajstić information content (AvgIpc) is 2.61. The second-order valence-corrected chi connectivity index (χ2v) is 6.11. The van der Waals surface area contributed by atoms with Crippen molar-refractivity contribution in [3.63, 3.8) is 0 Å². The van der Waals surface area contributed by atoms with Gasteiger partial charge in [0.1, 0.15) is 16.7 Å². The monoisotopic (exact) mass is 376 g/mol. The van der Waals surface area contributed by atoms with Crippen molar-refractivity contribution in [2.24, 2.45) is 0 Å². The molecule has 1 aromatic carbocycles. The van der Waals surface area contributed by atoms with E-state index in [4.69, 9.17) is 23.2 Å². The van der Waals surface area contributed by atoms with Crippen molar-refractivity contribution >= 4 is 40.0 Å². The molecule has 8 heteroatoms. The molecule has 0 unspecified atom stereocenters. The van der Waals surface area contributed by atoms with Gasteiger partial charge in [-0.15, -0.1) is 0 Å². The Kier molecular flexibility index (Phi) is 5.01. The number of pyridine rings is 1. The molecule has 0 saturated carbocycles. The summed E-state index contributed by atoms with van der Waals surface area (Å²) in [7, 11) is 0. The van der Waals surface area contributed by atoms with E-state index >= 15 is 0 Å². The number of halogens is 2. The van der Waals surface area contributed by atoms with Crippen LogP contribution in [0, 0.1) is 0 Å². The fourth-order valence-electron chi connectivity index (χ4n) is 2.44. The first-order chi connectivity index (χ1) is 12.0. The Bertz CT molecular complexity index is 1000. The highest BCUT2D eigenvalue weighted by Crippen LogP contribution is 2.19. The number of benzene rings is 1. The normalized spacial score (nSPS) is 10.8. The van der Waals surface area contributed by atoms with Gasteiger partial charge in [-0.1, -0.05) is 35.3 Å². The topological polar surface area (TPSA) is 79.0 Å². The molecule has 1 amide bonds. The highest BCUT2D eigenvalue weighted by atomic mass is 35.5. The van der Waals surface area contributed by atoms with Crippen molar-refractivity contribution in [1.29, 1.82) is 0 Å². The Morgan fingerprint density at radius 3 is 2.68 bits per heavy atom. The number of fused-ring (bicyclic) bond motifs is 1. The maximum Gasteiger partial charge on any atom is 0.274 e. The quantitative estimate of drug-likeness (QED) is 0.708. The third-order valence-electron chi connectivity index (χ3n) is 3.69. The first-order valence-corrected chi connectivity index (χ1v) is 8.34. The van der Waals surface area contributed by atoms with Crippen molar-refractivity contribution < 1.29 is 4.79 Å². The van der Waals surface area contributed by atoms with Crippen LogP contribution < -0.4 is 5.56 Å². The van der Waals surface area contributed by atoms with Gasteiger partial charge in [0, 0.05) is 6.54 Å². The van der Waals surface area contributed by atoms with Gasteiger partial charge in [-0.25, -0.2) is 9.97 Å². The Balaban J connectivity index is 1.93. The number of hydrogen-bond acceptors (Lipinski definition) is 4. The summed E-state index contributed by atoms with van der Waals surface area (Å²) in [5, 5.41) is 0.897. The van der Waals surface area contributed by atoms with Crippen LogP contribution in [0.5, 0.6) is 0 Å². The second-order valence-electron chi connectivity index (χ2n) is 5.31. The van der Waals surface area contributed by atoms with Crippen molar-refractivity contribution in [1.82, 2.24) is 19.9 Å². The zero-order valence-electron chi connectivity index (χ0n) is 13.3. The van der Waals surface area contributed by atoms with Crippen LogP contribution in [0.3, 0.4) is 0 Å². The predicted octanol–water partition coefficient (Wildman–Crippen LogP) is 3.29. The fourth-order valence-corrected chi connectivity index (χ4v) is 2.77. The Labute approximate surface area is 153 Å². The molecule has 2 aromatic heterocycles. The van der Waals surface area contributed by atoms with E-state index in [1.807, 2.05) is 6.92 Å². The third kappa shape index (κ3) is 3.65. The molecule has 0 radical (unpaired) electrons. The Morgan fingerprint density at radius 1 is 1.16 bits per heavy atom. The molecule has 0 atom stereocenters. The fraction of sp³-hybridized carbons (Fsp3) is 0.176. The summed E-state index contributed by atoms with van der Waals surface area (Å²) in [6.45, 7) is 2.33. The van der Waals surface area contributed by atoms with Gasteiger partial charge in [-0.3, -0.25) is 9.59 Å². The van der Waals surface area contributed by atoms with Gasteiger partial charge >= 0.3 is 0 Å². The zero-order chi connectivity index (χ0) is 18.0. The second kappa shape index (κ2) is 7.21. The molecular formula is C17H14Cl2N4O2. The molecule has 25 heavy (non-hydrogen) atoms. The van der Waals surface area contributed by atoms with Crippen LogP contribution in [0.1, 0.15) is 23.2 Å². The van der Waals surface area contributed by atoms with E-state index < -0.39 is 0 Å². The van der Waals surface area contributed by atoms with Crippen molar-refractivity contribution in [2.45, 2.75) is 13.5 Å². The minimum atomic E-state index is -0.384. The average molecular weight is 377 g/mol. The van der Waals surface area contributed by atoms with Crippen LogP contribution >= 0.6 is 23.2 Å². The number of nitrogens with zero attached hydrogens (tertiary/aromatic N) is 3. The lowest BCUT2D eigenvalue weighted by Crippen LogP contribution is -2.32. The summed E-state index contributed by atoms with van der Waals surface area (Å²) in [5.41, 5.74) is 0.394. The lowest BCUT2D eigenvalue weighted by Gasteiger charge is -2.20. The summed E-state index contributed by atoms with van der Waals surface area (Å²) in [6.07, 6.45) is 0. The molecule has 0 aliphatic carbocycles. The van der Waals surface area contributed by atoms with Gasteiger partial charge < -0.3 is 9.88 Å². The lowest BCUT2D eigenvalue weighted by molar-refractivity contribution is 0.0742. The number of amides is 1. The van der Waals surface area contributed by atoms with E-state index in [1.165, 1.54) is 17.0 Å². The van der Waals surface area contributed by atoms with Gasteiger partial charge in [-0.2, -0.15) is 0 Å². The largest absolute Gasteiger partial charge is 0.330 e. The van der Waals surface area contributed by atoms with Crippen LogP contribution in [0.15, 0.2) is 41.2 Å². The number of hydrogen-bond donors (Lipinski definition) is 1. The standard InChI is InChI=1S/C17H14Cl2N4O2/c1-2-23(17(25)15-11(18)7-8-13(19)21-15)9-14-20-12-6-4-3-5-10(12)16(24)22-14/h3-8H,2,9H2,1H3,(H,20,22,24). The molecule has 1 N–H and O–H groups in total. The minimum absolute atomic E-state index is 0.0687. The number of para-hydroxylation sites is 1. The first kappa shape index (κ1) is 17.4. The van der Waals surface area contributed by atoms with Gasteiger partial charge in [0.15, 0.2) is 0 Å². The Morgan fingerprint density at radius 2 is 1.92 bits per heavy atom. The summed E-state index contributed by atoms with van der Waals surface area (Å²) in [4.78, 5) is 37.5. The van der Waals surface area contributed by atoms with E-state index in [9.17, 15) is 9.59 Å². The lowest BCUT2D eigenvalue weighted by atomic mass is 10.2. The van der Waals surface area contributed by atoms with Crippen molar-refractivity contribution in [2.75, 3.05) is 6.54 Å². The molecule has 0 aliphatic heterocycles. The summed E-state index contributed by atoms with van der Waals surface area (Å²) in [6, 6.07) is 10.1. The van der Waals surface area contributed by atoms with Crippen LogP contribution in [0.2, 0.25) is 10.2 Å². The SMILES string of the molecule is CCN(Cc1nc2ccccc2c(=O)[nH]1)C(=O)c1nc(Cl)ccc1Cl. The molecule has 3 aromatic rings. The van der Waals surface area contributed by atoms with E-state index in [0.717, 1.165) is 0 Å². The van der Waals surface area contributed by atoms with Gasteiger partial charge in [0.25, 0.3) is 11.5 Å². The van der Waals surface area contributed by atoms with E-state index in [2.05, 4.69) is 15.0 Å². The predicted molar refractivity (Wildman–Crippen MR) is 97.0 cm³/mol. The number of aromatic amines is 1. The molecule has 0 bridgehead atoms. The number of H-pyrrole nitrogens is 1. The highest BCUT2D eigenvalue weighted by Gasteiger charge is 2.20. The molecular weight excluding hydrogens is 363 g/mol. The Hall–Kier alpha value is -2.44. The number of aromatic nitrogens is 3. The van der Waals surface area contributed by atoms with E-state index in [1.54, 1.807) is 24.3 Å². The van der Waals surface area contributed by atoms with Crippen molar-refractivity contribution in [3.8, 4) is 0 Å². The van der Waals surface area contributed by atoms with Crippen molar-refractivity contribution in [3.05, 3.63) is 68.4 Å². The van der Waals surface area contributed by atoms with Gasteiger partial charge in [0.05, 0.1) is 22.5 Å². The molecule has 0 saturated heterocycles. The molecule has 0 aliphatic rings. The van der Waals surface area contributed by atoms with Crippen LogP contribution in [-0.4, -0.2) is 32.3 Å². The van der Waals surface area contributed by atoms with E-state index in [0.29, 0.717) is 23.3 Å². The maximum atomic E-state index is 12.7. The van der Waals surface area contributed by atoms with Gasteiger partial charge in [0.2, 0.25) is 0 Å². The van der Waals surface area contributed by atoms with E-state index in [-0.39, 0.29) is 33.9 Å². The summed E-state index contributed by atoms with van der Waals surface area (Å²) in [5.74, 6) is 0.00265. The van der Waals surface area contributed by atoms with Crippen LogP contribution in [-0.2, 0) is 6.54 Å². The molecule has 0 spiro atoms. The first-order valence-electron chi connectivity index (χ1n) is 7.59. The highest BCUT2D eigenvalue weighted by molar-refractivity contribution is 6.34. The zero-order valence-corrected chi connectivity index (χ0v) is 14.8. The molecule has 128 valence electrons. The number of nitrogens with one attached hydrogen (secondary N) is 1. The van der Waals surface area contributed by atoms with Crippen LogP contribution in [0.25, 0.3) is 10.9 Å². The molecule has 3 rings (SSSR count). The molecule has 6 nitrogen and oxygen atoms in total. The minimum Gasteiger partial charge on any atom is -0.330 e.